The predicted octanol–water partition coefficient (Wildman–Crippen LogP) is 3.12. The van der Waals surface area contributed by atoms with Crippen LogP contribution in [0.1, 0.15) is 18.3 Å². The molecule has 4 rings (SSSR count). The number of aromatic nitrogens is 2. The lowest BCUT2D eigenvalue weighted by Gasteiger charge is -2.35. The van der Waals surface area contributed by atoms with Gasteiger partial charge >= 0.3 is 0 Å². The molecule has 1 aliphatic rings. The summed E-state index contributed by atoms with van der Waals surface area (Å²) in [5.74, 6) is 2.77. The van der Waals surface area contributed by atoms with Gasteiger partial charge < -0.3 is 14.5 Å². The van der Waals surface area contributed by atoms with Crippen molar-refractivity contribution in [2.45, 2.75) is 20.4 Å². The lowest BCUT2D eigenvalue weighted by Crippen LogP contribution is -2.48. The number of nitrogens with zero attached hydrogens (tertiary/aromatic N) is 5. The van der Waals surface area contributed by atoms with Crippen molar-refractivity contribution in [2.75, 3.05) is 51.3 Å². The molecule has 7 heteroatoms. The molecular weight excluding hydrogens is 402 g/mol. The van der Waals surface area contributed by atoms with Gasteiger partial charge in [-0.2, -0.15) is 0 Å². The summed E-state index contributed by atoms with van der Waals surface area (Å²) in [5.41, 5.74) is 2.17. The third-order valence-corrected chi connectivity index (χ3v) is 5.83. The van der Waals surface area contributed by atoms with Crippen molar-refractivity contribution >= 4 is 22.6 Å². The van der Waals surface area contributed by atoms with E-state index >= 15 is 0 Å². The Morgan fingerprint density at radius 1 is 1.03 bits per heavy atom. The molecule has 1 fully saturated rings. The normalized spacial score (nSPS) is 14.2. The van der Waals surface area contributed by atoms with Crippen LogP contribution in [0.3, 0.4) is 0 Å². The van der Waals surface area contributed by atoms with Crippen LogP contribution >= 0.6 is 0 Å². The zero-order valence-corrected chi connectivity index (χ0v) is 19.1. The molecule has 0 spiro atoms. The van der Waals surface area contributed by atoms with Gasteiger partial charge in [0.05, 0.1) is 12.1 Å². The van der Waals surface area contributed by atoms with Crippen molar-refractivity contribution < 1.29 is 9.53 Å². The Kier molecular flexibility index (Phi) is 6.85. The Bertz CT molecular complexity index is 1060. The first-order valence-electron chi connectivity index (χ1n) is 11.1. The maximum Gasteiger partial charge on any atom is 0.219 e. The molecule has 1 saturated heterocycles. The Labute approximate surface area is 189 Å². The zero-order chi connectivity index (χ0) is 22.5. The highest BCUT2D eigenvalue weighted by molar-refractivity contribution is 5.89. The summed E-state index contributed by atoms with van der Waals surface area (Å²) in [7, 11) is 2.06. The molecule has 1 aliphatic heterocycles. The number of para-hydroxylation sites is 1. The van der Waals surface area contributed by atoms with Gasteiger partial charge in [-0.15, -0.1) is 0 Å². The van der Waals surface area contributed by atoms with Crippen LogP contribution in [0.2, 0.25) is 0 Å². The smallest absolute Gasteiger partial charge is 0.219 e. The van der Waals surface area contributed by atoms with E-state index in [4.69, 9.17) is 14.7 Å². The summed E-state index contributed by atoms with van der Waals surface area (Å²) in [5, 5.41) is 1.05. The van der Waals surface area contributed by atoms with E-state index in [1.165, 1.54) is 5.56 Å². The van der Waals surface area contributed by atoms with E-state index in [2.05, 4.69) is 42.0 Å². The number of carbonyl (C=O) groups excluding carboxylic acids is 1. The third-order valence-electron chi connectivity index (χ3n) is 5.83. The molecule has 0 bridgehead atoms. The predicted molar refractivity (Wildman–Crippen MR) is 127 cm³/mol. The van der Waals surface area contributed by atoms with Gasteiger partial charge in [-0.3, -0.25) is 9.69 Å². The van der Waals surface area contributed by atoms with Crippen LogP contribution in [-0.4, -0.2) is 72.1 Å². The number of rotatable bonds is 7. The van der Waals surface area contributed by atoms with Gasteiger partial charge in [0, 0.05) is 45.0 Å². The number of aryl methyl sites for hydroxylation is 1. The van der Waals surface area contributed by atoms with Crippen LogP contribution in [0.25, 0.3) is 10.9 Å². The minimum Gasteiger partial charge on any atom is -0.492 e. The minimum atomic E-state index is 0.132. The van der Waals surface area contributed by atoms with Crippen LogP contribution in [0.15, 0.2) is 48.5 Å². The number of hydrogen-bond acceptors (Lipinski definition) is 6. The molecule has 168 valence electrons. The molecule has 32 heavy (non-hydrogen) atoms. The average molecular weight is 434 g/mol. The molecule has 2 heterocycles. The van der Waals surface area contributed by atoms with Crippen LogP contribution in [0.5, 0.6) is 5.75 Å². The van der Waals surface area contributed by atoms with Crippen molar-refractivity contribution in [1.82, 2.24) is 19.8 Å². The molecular formula is C25H31N5O2. The molecule has 2 aromatic carbocycles. The summed E-state index contributed by atoms with van der Waals surface area (Å²) >= 11 is 0. The van der Waals surface area contributed by atoms with Gasteiger partial charge in [0.15, 0.2) is 0 Å². The number of hydrogen-bond donors (Lipinski definition) is 0. The quantitative estimate of drug-likeness (QED) is 0.571. The third kappa shape index (κ3) is 5.34. The summed E-state index contributed by atoms with van der Waals surface area (Å²) in [6.45, 7) is 8.72. The van der Waals surface area contributed by atoms with Gasteiger partial charge in [0.1, 0.15) is 24.0 Å². The average Bonchev–Trinajstić information content (AvgIpc) is 2.80. The topological polar surface area (TPSA) is 61.8 Å². The van der Waals surface area contributed by atoms with E-state index in [9.17, 15) is 4.79 Å². The fraction of sp³-hybridized carbons (Fsp3) is 0.400. The number of fused-ring (bicyclic) bond motifs is 1. The monoisotopic (exact) mass is 433 g/mol. The molecule has 0 N–H and O–H groups in total. The summed E-state index contributed by atoms with van der Waals surface area (Å²) in [4.78, 5) is 27.8. The lowest BCUT2D eigenvalue weighted by molar-refractivity contribution is -0.129. The first-order chi connectivity index (χ1) is 15.5. The van der Waals surface area contributed by atoms with E-state index in [1.54, 1.807) is 6.92 Å². The molecule has 0 saturated carbocycles. The Morgan fingerprint density at radius 2 is 1.75 bits per heavy atom. The number of carbonyl (C=O) groups is 1. The molecule has 1 aromatic heterocycles. The van der Waals surface area contributed by atoms with Crippen LogP contribution < -0.4 is 9.64 Å². The van der Waals surface area contributed by atoms with E-state index in [0.29, 0.717) is 13.2 Å². The largest absolute Gasteiger partial charge is 0.492 e. The first-order valence-corrected chi connectivity index (χ1v) is 11.1. The highest BCUT2D eigenvalue weighted by Gasteiger charge is 2.22. The number of ether oxygens (including phenoxy) is 1. The summed E-state index contributed by atoms with van der Waals surface area (Å²) in [6.07, 6.45) is 0. The van der Waals surface area contributed by atoms with Gasteiger partial charge in [0.2, 0.25) is 5.91 Å². The maximum atomic E-state index is 11.7. The van der Waals surface area contributed by atoms with Gasteiger partial charge in [-0.25, -0.2) is 9.97 Å². The van der Waals surface area contributed by atoms with Crippen molar-refractivity contribution in [3.8, 4) is 5.75 Å². The molecule has 3 aromatic rings. The second kappa shape index (κ2) is 9.96. The molecule has 1 amide bonds. The Hall–Kier alpha value is -3.19. The molecule has 0 aliphatic carbocycles. The van der Waals surface area contributed by atoms with Crippen molar-refractivity contribution in [3.05, 3.63) is 59.9 Å². The zero-order valence-electron chi connectivity index (χ0n) is 19.1. The first kappa shape index (κ1) is 22.0. The van der Waals surface area contributed by atoms with Crippen LogP contribution in [0.4, 0.5) is 5.82 Å². The van der Waals surface area contributed by atoms with Gasteiger partial charge in [0.25, 0.3) is 0 Å². The van der Waals surface area contributed by atoms with E-state index in [-0.39, 0.29) is 5.91 Å². The SMILES string of the molecule is CC(=O)N1CCN(c2nc(CN(C)CCOc3ccc(C)cc3)nc3ccccc23)CC1. The molecule has 0 unspecified atom stereocenters. The van der Waals surface area contributed by atoms with Gasteiger partial charge in [-0.05, 0) is 38.2 Å². The number of amides is 1. The maximum absolute atomic E-state index is 11.7. The fourth-order valence-corrected chi connectivity index (χ4v) is 3.93. The van der Waals surface area contributed by atoms with Crippen molar-refractivity contribution in [3.63, 3.8) is 0 Å². The van der Waals surface area contributed by atoms with E-state index in [0.717, 1.165) is 61.0 Å². The second-order valence-electron chi connectivity index (χ2n) is 8.37. The highest BCUT2D eigenvalue weighted by Crippen LogP contribution is 2.25. The van der Waals surface area contributed by atoms with E-state index in [1.807, 2.05) is 35.2 Å². The molecule has 7 nitrogen and oxygen atoms in total. The Morgan fingerprint density at radius 3 is 2.47 bits per heavy atom. The number of benzene rings is 2. The summed E-state index contributed by atoms with van der Waals surface area (Å²) < 4.78 is 5.86. The Balaban J connectivity index is 1.43. The minimum absolute atomic E-state index is 0.132. The summed E-state index contributed by atoms with van der Waals surface area (Å²) in [6, 6.07) is 16.3. The van der Waals surface area contributed by atoms with Gasteiger partial charge in [-0.1, -0.05) is 29.8 Å². The molecule has 0 atom stereocenters. The number of anilines is 1. The van der Waals surface area contributed by atoms with Crippen molar-refractivity contribution in [1.29, 1.82) is 0 Å². The molecule has 0 radical (unpaired) electrons. The van der Waals surface area contributed by atoms with Crippen molar-refractivity contribution in [2.24, 2.45) is 0 Å². The van der Waals surface area contributed by atoms with E-state index < -0.39 is 0 Å². The van der Waals surface area contributed by atoms with Crippen LogP contribution in [-0.2, 0) is 11.3 Å². The lowest BCUT2D eigenvalue weighted by atomic mass is 10.2. The fourth-order valence-electron chi connectivity index (χ4n) is 3.93. The van der Waals surface area contributed by atoms with Crippen LogP contribution in [0, 0.1) is 6.92 Å². The number of likely N-dealkylation sites (N-methyl/N-ethyl adjacent to an activating group) is 1. The highest BCUT2D eigenvalue weighted by atomic mass is 16.5. The second-order valence-corrected chi connectivity index (χ2v) is 8.37. The number of piperazine rings is 1. The standard InChI is InChI=1S/C25H31N5O2/c1-19-8-10-21(11-9-19)32-17-16-28(3)18-24-26-23-7-5-4-6-22(23)25(27-24)30-14-12-29(13-15-30)20(2)31/h4-11H,12-18H2,1-3H3.